The zero-order valence-corrected chi connectivity index (χ0v) is 14.7. The summed E-state index contributed by atoms with van der Waals surface area (Å²) >= 11 is 0. The SMILES string of the molecule is O=c1c2ccccc2nc(-c2cc3ccccc3o2)n1N=Cc1ccncc1. The number of furan rings is 1. The first-order valence-electron chi connectivity index (χ1n) is 8.75. The first-order chi connectivity index (χ1) is 13.8. The van der Waals surface area contributed by atoms with Crippen molar-refractivity contribution in [1.29, 1.82) is 0 Å². The molecular formula is C22H14N4O2. The van der Waals surface area contributed by atoms with Gasteiger partial charge in [-0.25, -0.2) is 4.98 Å². The van der Waals surface area contributed by atoms with Gasteiger partial charge in [-0.05, 0) is 42.0 Å². The summed E-state index contributed by atoms with van der Waals surface area (Å²) in [5.74, 6) is 0.834. The van der Waals surface area contributed by atoms with Crippen LogP contribution in [0.4, 0.5) is 0 Å². The van der Waals surface area contributed by atoms with Gasteiger partial charge in [0.2, 0.25) is 5.82 Å². The van der Waals surface area contributed by atoms with E-state index in [0.29, 0.717) is 22.5 Å². The van der Waals surface area contributed by atoms with Gasteiger partial charge in [0.15, 0.2) is 5.76 Å². The van der Waals surface area contributed by atoms with E-state index in [1.54, 1.807) is 30.7 Å². The number of para-hydroxylation sites is 2. The van der Waals surface area contributed by atoms with Crippen LogP contribution in [-0.4, -0.2) is 20.9 Å². The number of hydrogen-bond donors (Lipinski definition) is 0. The van der Waals surface area contributed by atoms with Gasteiger partial charge in [0.1, 0.15) is 5.58 Å². The van der Waals surface area contributed by atoms with E-state index in [0.717, 1.165) is 16.5 Å². The molecule has 0 spiro atoms. The van der Waals surface area contributed by atoms with Gasteiger partial charge in [0.05, 0.1) is 17.1 Å². The lowest BCUT2D eigenvalue weighted by molar-refractivity contribution is 0.616. The van der Waals surface area contributed by atoms with Crippen LogP contribution in [0.2, 0.25) is 0 Å². The molecule has 5 rings (SSSR count). The van der Waals surface area contributed by atoms with Crippen LogP contribution in [0.5, 0.6) is 0 Å². The molecule has 0 fully saturated rings. The molecule has 134 valence electrons. The zero-order chi connectivity index (χ0) is 18.9. The van der Waals surface area contributed by atoms with Gasteiger partial charge >= 0.3 is 0 Å². The molecule has 0 aliphatic rings. The summed E-state index contributed by atoms with van der Waals surface area (Å²) in [5.41, 5.74) is 1.89. The van der Waals surface area contributed by atoms with Crippen LogP contribution >= 0.6 is 0 Å². The minimum Gasteiger partial charge on any atom is -0.453 e. The quantitative estimate of drug-likeness (QED) is 0.451. The molecule has 0 saturated heterocycles. The highest BCUT2D eigenvalue weighted by molar-refractivity contribution is 5.84. The average molecular weight is 366 g/mol. The highest BCUT2D eigenvalue weighted by atomic mass is 16.3. The van der Waals surface area contributed by atoms with E-state index in [-0.39, 0.29) is 5.56 Å². The molecule has 0 radical (unpaired) electrons. The monoisotopic (exact) mass is 366 g/mol. The lowest BCUT2D eigenvalue weighted by atomic mass is 10.2. The van der Waals surface area contributed by atoms with Crippen LogP contribution in [0, 0.1) is 0 Å². The number of fused-ring (bicyclic) bond motifs is 2. The molecular weight excluding hydrogens is 352 g/mol. The van der Waals surface area contributed by atoms with E-state index in [4.69, 9.17) is 4.42 Å². The Morgan fingerprint density at radius 3 is 2.61 bits per heavy atom. The van der Waals surface area contributed by atoms with Crippen molar-refractivity contribution in [2.24, 2.45) is 5.10 Å². The molecule has 3 heterocycles. The van der Waals surface area contributed by atoms with E-state index in [9.17, 15) is 4.79 Å². The number of hydrogen-bond acceptors (Lipinski definition) is 5. The summed E-state index contributed by atoms with van der Waals surface area (Å²) in [6, 6.07) is 20.4. The molecule has 5 aromatic rings. The fraction of sp³-hybridized carbons (Fsp3) is 0. The molecule has 3 aromatic heterocycles. The fourth-order valence-corrected chi connectivity index (χ4v) is 3.06. The number of benzene rings is 2. The normalized spacial score (nSPS) is 11.6. The zero-order valence-electron chi connectivity index (χ0n) is 14.7. The largest absolute Gasteiger partial charge is 0.453 e. The van der Waals surface area contributed by atoms with Gasteiger partial charge in [0, 0.05) is 17.8 Å². The number of rotatable bonds is 3. The summed E-state index contributed by atoms with van der Waals surface area (Å²) in [5, 5.41) is 5.83. The Balaban J connectivity index is 1.76. The maximum atomic E-state index is 13.1. The third kappa shape index (κ3) is 2.77. The van der Waals surface area contributed by atoms with E-state index in [1.165, 1.54) is 4.68 Å². The van der Waals surface area contributed by atoms with Gasteiger partial charge in [-0.3, -0.25) is 9.78 Å². The minimum absolute atomic E-state index is 0.258. The maximum absolute atomic E-state index is 13.1. The van der Waals surface area contributed by atoms with Crippen LogP contribution in [0.15, 0.2) is 93.4 Å². The summed E-state index contributed by atoms with van der Waals surface area (Å²) < 4.78 is 7.22. The lowest BCUT2D eigenvalue weighted by Gasteiger charge is -2.07. The molecule has 0 aliphatic carbocycles. The summed E-state index contributed by atoms with van der Waals surface area (Å²) in [7, 11) is 0. The van der Waals surface area contributed by atoms with Crippen molar-refractivity contribution in [2.75, 3.05) is 0 Å². The standard InChI is InChI=1S/C22H14N4O2/c27-22-17-6-2-3-7-18(17)25-21(20-13-16-5-1-4-8-19(16)28-20)26(22)24-14-15-9-11-23-12-10-15/h1-14H. The number of aromatic nitrogens is 3. The van der Waals surface area contributed by atoms with Crippen LogP contribution in [0.1, 0.15) is 5.56 Å². The lowest BCUT2D eigenvalue weighted by Crippen LogP contribution is -2.20. The van der Waals surface area contributed by atoms with E-state index in [1.807, 2.05) is 54.6 Å². The summed E-state index contributed by atoms with van der Waals surface area (Å²) in [4.78, 5) is 21.8. The molecule has 2 aromatic carbocycles. The molecule has 0 saturated carbocycles. The molecule has 0 amide bonds. The molecule has 6 nitrogen and oxygen atoms in total. The average Bonchev–Trinajstić information content (AvgIpc) is 3.18. The number of nitrogens with zero attached hydrogens (tertiary/aromatic N) is 4. The van der Waals surface area contributed by atoms with Crippen molar-refractivity contribution in [3.8, 4) is 11.6 Å². The molecule has 0 N–H and O–H groups in total. The van der Waals surface area contributed by atoms with Crippen molar-refractivity contribution < 1.29 is 4.42 Å². The van der Waals surface area contributed by atoms with Gasteiger partial charge < -0.3 is 4.42 Å². The number of pyridine rings is 1. The fourth-order valence-electron chi connectivity index (χ4n) is 3.06. The van der Waals surface area contributed by atoms with Crippen molar-refractivity contribution in [3.63, 3.8) is 0 Å². The van der Waals surface area contributed by atoms with Gasteiger partial charge in [-0.1, -0.05) is 30.3 Å². The first kappa shape index (κ1) is 16.1. The molecule has 0 unspecified atom stereocenters. The Morgan fingerprint density at radius 1 is 0.964 bits per heavy atom. The highest BCUT2D eigenvalue weighted by Gasteiger charge is 2.16. The van der Waals surface area contributed by atoms with E-state index in [2.05, 4.69) is 15.1 Å². The van der Waals surface area contributed by atoms with Crippen molar-refractivity contribution in [2.45, 2.75) is 0 Å². The second kappa shape index (κ2) is 6.59. The molecule has 28 heavy (non-hydrogen) atoms. The van der Waals surface area contributed by atoms with E-state index >= 15 is 0 Å². The Labute approximate surface area is 159 Å². The third-order valence-electron chi connectivity index (χ3n) is 4.43. The van der Waals surface area contributed by atoms with Gasteiger partial charge in [-0.15, -0.1) is 0 Å². The van der Waals surface area contributed by atoms with Crippen molar-refractivity contribution in [1.82, 2.24) is 14.6 Å². The molecule has 0 bridgehead atoms. The molecule has 6 heteroatoms. The maximum Gasteiger partial charge on any atom is 0.282 e. The topological polar surface area (TPSA) is 73.3 Å². The minimum atomic E-state index is -0.258. The second-order valence-electron chi connectivity index (χ2n) is 6.24. The van der Waals surface area contributed by atoms with Crippen LogP contribution in [0.25, 0.3) is 33.5 Å². The van der Waals surface area contributed by atoms with Crippen molar-refractivity contribution in [3.05, 3.63) is 95.0 Å². The second-order valence-corrected chi connectivity index (χ2v) is 6.24. The van der Waals surface area contributed by atoms with Gasteiger partial charge in [-0.2, -0.15) is 9.78 Å². The predicted molar refractivity (Wildman–Crippen MR) is 108 cm³/mol. The Morgan fingerprint density at radius 2 is 1.75 bits per heavy atom. The van der Waals surface area contributed by atoms with Crippen LogP contribution in [0.3, 0.4) is 0 Å². The smallest absolute Gasteiger partial charge is 0.282 e. The van der Waals surface area contributed by atoms with Crippen molar-refractivity contribution >= 4 is 28.1 Å². The van der Waals surface area contributed by atoms with E-state index < -0.39 is 0 Å². The summed E-state index contributed by atoms with van der Waals surface area (Å²) in [6.45, 7) is 0. The van der Waals surface area contributed by atoms with Crippen LogP contribution < -0.4 is 5.56 Å². The summed E-state index contributed by atoms with van der Waals surface area (Å²) in [6.07, 6.45) is 4.94. The predicted octanol–water partition coefficient (Wildman–Crippen LogP) is 4.09. The first-order valence-corrected chi connectivity index (χ1v) is 8.75. The van der Waals surface area contributed by atoms with Gasteiger partial charge in [0.25, 0.3) is 5.56 Å². The third-order valence-corrected chi connectivity index (χ3v) is 4.43. The Bertz CT molecular complexity index is 1350. The Kier molecular flexibility index (Phi) is 3.80. The Hall–Kier alpha value is -4.06. The van der Waals surface area contributed by atoms with Crippen LogP contribution in [-0.2, 0) is 0 Å². The molecule has 0 atom stereocenters. The highest BCUT2D eigenvalue weighted by Crippen LogP contribution is 2.27. The molecule has 0 aliphatic heterocycles.